The van der Waals surface area contributed by atoms with Crippen LogP contribution in [0.15, 0.2) is 51.8 Å². The van der Waals surface area contributed by atoms with Gasteiger partial charge >= 0.3 is 0 Å². The molecule has 22 heavy (non-hydrogen) atoms. The van der Waals surface area contributed by atoms with Gasteiger partial charge in [0.15, 0.2) is 9.84 Å². The maximum Gasteiger partial charge on any atom is 0.252 e. The maximum atomic E-state index is 11.4. The summed E-state index contributed by atoms with van der Waals surface area (Å²) >= 11 is 3.27. The monoisotopic (exact) mass is 383 g/mol. The van der Waals surface area contributed by atoms with Gasteiger partial charge in [0.2, 0.25) is 0 Å². The van der Waals surface area contributed by atoms with Crippen LogP contribution in [-0.2, 0) is 16.4 Å². The Morgan fingerprint density at radius 1 is 1.18 bits per heavy atom. The van der Waals surface area contributed by atoms with Crippen molar-refractivity contribution in [3.63, 3.8) is 0 Å². The van der Waals surface area contributed by atoms with Gasteiger partial charge < -0.3 is 10.5 Å². The van der Waals surface area contributed by atoms with Crippen LogP contribution in [0, 0.1) is 0 Å². The van der Waals surface area contributed by atoms with E-state index in [1.54, 1.807) is 30.3 Å². The van der Waals surface area contributed by atoms with E-state index in [-0.39, 0.29) is 17.1 Å². The van der Waals surface area contributed by atoms with Crippen LogP contribution in [0.4, 0.5) is 0 Å². The fraction of sp³-hybridized carbons (Fsp3) is 0.133. The van der Waals surface area contributed by atoms with Gasteiger partial charge in [0.1, 0.15) is 12.4 Å². The number of benzene rings is 2. The lowest BCUT2D eigenvalue weighted by Crippen LogP contribution is -2.13. The second-order valence-electron chi connectivity index (χ2n) is 4.71. The summed E-state index contributed by atoms with van der Waals surface area (Å²) in [6, 6.07) is 11.3. The molecule has 0 aliphatic rings. The Balaban J connectivity index is 2.15. The first-order chi connectivity index (χ1) is 10.3. The fourth-order valence-corrected chi connectivity index (χ4v) is 2.81. The molecule has 0 bridgehead atoms. The van der Waals surface area contributed by atoms with Gasteiger partial charge in [-0.25, -0.2) is 8.42 Å². The van der Waals surface area contributed by atoms with Crippen LogP contribution >= 0.6 is 15.9 Å². The molecule has 0 spiro atoms. The Labute approximate surface area is 137 Å². The standard InChI is InChI=1S/C15H14BrNO4S/c1-22(19,20)12-5-2-10(3-6-12)9-21-14-7-4-11(16)8-13(14)15(17)18/h2-8H,9H2,1H3,(H2,17,18). The molecule has 5 nitrogen and oxygen atoms in total. The molecule has 0 heterocycles. The van der Waals surface area contributed by atoms with Crippen molar-refractivity contribution in [1.82, 2.24) is 0 Å². The third-order valence-corrected chi connectivity index (χ3v) is 4.57. The minimum atomic E-state index is -3.22. The lowest BCUT2D eigenvalue weighted by Gasteiger charge is -2.10. The van der Waals surface area contributed by atoms with Crippen molar-refractivity contribution in [3.8, 4) is 5.75 Å². The van der Waals surface area contributed by atoms with Crippen molar-refractivity contribution in [3.05, 3.63) is 58.1 Å². The summed E-state index contributed by atoms with van der Waals surface area (Å²) in [4.78, 5) is 11.6. The molecule has 0 aliphatic heterocycles. The predicted molar refractivity (Wildman–Crippen MR) is 86.5 cm³/mol. The number of carbonyl (C=O) groups is 1. The van der Waals surface area contributed by atoms with Crippen molar-refractivity contribution in [2.75, 3.05) is 6.26 Å². The van der Waals surface area contributed by atoms with Gasteiger partial charge in [-0.15, -0.1) is 0 Å². The summed E-state index contributed by atoms with van der Waals surface area (Å²) < 4.78 is 29.1. The molecular weight excluding hydrogens is 370 g/mol. The Morgan fingerprint density at radius 3 is 2.36 bits per heavy atom. The van der Waals surface area contributed by atoms with Gasteiger partial charge in [-0.2, -0.15) is 0 Å². The van der Waals surface area contributed by atoms with Gasteiger partial charge in [0, 0.05) is 10.7 Å². The van der Waals surface area contributed by atoms with Crippen LogP contribution in [0.5, 0.6) is 5.75 Å². The Bertz CT molecular complexity index is 801. The van der Waals surface area contributed by atoms with Gasteiger partial charge in [-0.05, 0) is 35.9 Å². The number of ether oxygens (including phenoxy) is 1. The van der Waals surface area contributed by atoms with E-state index < -0.39 is 15.7 Å². The lowest BCUT2D eigenvalue weighted by atomic mass is 10.2. The van der Waals surface area contributed by atoms with Gasteiger partial charge in [0.25, 0.3) is 5.91 Å². The van der Waals surface area contributed by atoms with Crippen molar-refractivity contribution in [1.29, 1.82) is 0 Å². The summed E-state index contributed by atoms with van der Waals surface area (Å²) in [6.45, 7) is 0.200. The first-order valence-electron chi connectivity index (χ1n) is 6.28. The first kappa shape index (κ1) is 16.5. The number of sulfone groups is 1. The highest BCUT2D eigenvalue weighted by Crippen LogP contribution is 2.24. The van der Waals surface area contributed by atoms with Crippen LogP contribution < -0.4 is 10.5 Å². The summed E-state index contributed by atoms with van der Waals surface area (Å²) in [5, 5.41) is 0. The van der Waals surface area contributed by atoms with E-state index in [0.29, 0.717) is 5.75 Å². The van der Waals surface area contributed by atoms with E-state index in [1.165, 1.54) is 12.1 Å². The molecular formula is C15H14BrNO4S. The number of rotatable bonds is 5. The fourth-order valence-electron chi connectivity index (χ4n) is 1.81. The molecule has 0 saturated carbocycles. The quantitative estimate of drug-likeness (QED) is 0.859. The number of amides is 1. The molecule has 7 heteroatoms. The molecule has 1 amide bonds. The summed E-state index contributed by atoms with van der Waals surface area (Å²) in [7, 11) is -3.22. The van der Waals surface area contributed by atoms with Crippen LogP contribution in [-0.4, -0.2) is 20.6 Å². The highest BCUT2D eigenvalue weighted by Gasteiger charge is 2.11. The van der Waals surface area contributed by atoms with E-state index in [4.69, 9.17) is 10.5 Å². The smallest absolute Gasteiger partial charge is 0.252 e. The molecule has 0 unspecified atom stereocenters. The average Bonchev–Trinajstić information content (AvgIpc) is 2.45. The van der Waals surface area contributed by atoms with Crippen LogP contribution in [0.25, 0.3) is 0 Å². The van der Waals surface area contributed by atoms with Crippen LogP contribution in [0.1, 0.15) is 15.9 Å². The van der Waals surface area contributed by atoms with E-state index in [0.717, 1.165) is 16.3 Å². The van der Waals surface area contributed by atoms with Crippen LogP contribution in [0.3, 0.4) is 0 Å². The molecule has 0 aromatic heterocycles. The summed E-state index contributed by atoms with van der Waals surface area (Å²) in [6.07, 6.45) is 1.15. The minimum absolute atomic E-state index is 0.200. The number of hydrogen-bond acceptors (Lipinski definition) is 4. The normalized spacial score (nSPS) is 11.2. The zero-order valence-electron chi connectivity index (χ0n) is 11.7. The van der Waals surface area contributed by atoms with E-state index in [2.05, 4.69) is 15.9 Å². The Morgan fingerprint density at radius 2 is 1.82 bits per heavy atom. The molecule has 0 saturated heterocycles. The average molecular weight is 384 g/mol. The molecule has 0 atom stereocenters. The molecule has 0 aliphatic carbocycles. The molecule has 0 fully saturated rings. The number of hydrogen-bond donors (Lipinski definition) is 1. The van der Waals surface area contributed by atoms with Gasteiger partial charge in [-0.3, -0.25) is 4.79 Å². The maximum absolute atomic E-state index is 11.4. The van der Waals surface area contributed by atoms with Crippen molar-refractivity contribution in [2.24, 2.45) is 5.73 Å². The predicted octanol–water partition coefficient (Wildman–Crippen LogP) is 2.53. The van der Waals surface area contributed by atoms with Gasteiger partial charge in [0.05, 0.1) is 10.5 Å². The summed E-state index contributed by atoms with van der Waals surface area (Å²) in [5.41, 5.74) is 6.38. The van der Waals surface area contributed by atoms with Crippen molar-refractivity contribution < 1.29 is 17.9 Å². The zero-order valence-corrected chi connectivity index (χ0v) is 14.1. The molecule has 2 aromatic rings. The highest BCUT2D eigenvalue weighted by atomic mass is 79.9. The van der Waals surface area contributed by atoms with E-state index in [9.17, 15) is 13.2 Å². The third-order valence-electron chi connectivity index (χ3n) is 2.95. The minimum Gasteiger partial charge on any atom is -0.488 e. The van der Waals surface area contributed by atoms with Crippen molar-refractivity contribution >= 4 is 31.7 Å². The molecule has 2 aromatic carbocycles. The Hall–Kier alpha value is -1.86. The van der Waals surface area contributed by atoms with E-state index in [1.807, 2.05) is 0 Å². The largest absolute Gasteiger partial charge is 0.488 e. The second kappa shape index (κ2) is 6.50. The second-order valence-corrected chi connectivity index (χ2v) is 7.64. The number of carbonyl (C=O) groups excluding carboxylic acids is 1. The molecule has 0 radical (unpaired) electrons. The zero-order chi connectivity index (χ0) is 16.3. The molecule has 2 N–H and O–H groups in total. The molecule has 116 valence electrons. The number of halogens is 1. The van der Waals surface area contributed by atoms with Gasteiger partial charge in [-0.1, -0.05) is 28.1 Å². The third kappa shape index (κ3) is 4.08. The molecule has 2 rings (SSSR count). The lowest BCUT2D eigenvalue weighted by molar-refractivity contribution is 0.0996. The summed E-state index contributed by atoms with van der Waals surface area (Å²) in [5.74, 6) is -0.202. The number of primary amides is 1. The SMILES string of the molecule is CS(=O)(=O)c1ccc(COc2ccc(Br)cc2C(N)=O)cc1. The van der Waals surface area contributed by atoms with Crippen molar-refractivity contribution in [2.45, 2.75) is 11.5 Å². The number of nitrogens with two attached hydrogens (primary N) is 1. The topological polar surface area (TPSA) is 86.5 Å². The first-order valence-corrected chi connectivity index (χ1v) is 8.97. The Kier molecular flexibility index (Phi) is 4.87. The van der Waals surface area contributed by atoms with E-state index >= 15 is 0 Å². The highest BCUT2D eigenvalue weighted by molar-refractivity contribution is 9.10. The van der Waals surface area contributed by atoms with Crippen LogP contribution in [0.2, 0.25) is 0 Å².